The van der Waals surface area contributed by atoms with E-state index in [9.17, 15) is 9.90 Å². The summed E-state index contributed by atoms with van der Waals surface area (Å²) in [6.45, 7) is 1.65. The molecular formula is C10H10N2O3. The number of anilines is 1. The van der Waals surface area contributed by atoms with Crippen LogP contribution in [0, 0.1) is 11.3 Å². The zero-order valence-corrected chi connectivity index (χ0v) is 8.06. The van der Waals surface area contributed by atoms with Crippen LogP contribution in [0.4, 0.5) is 5.69 Å². The number of nitrogens with zero attached hydrogens (tertiary/aromatic N) is 1. The summed E-state index contributed by atoms with van der Waals surface area (Å²) in [5.41, 5.74) is 0.344. The predicted octanol–water partition coefficient (Wildman–Crippen LogP) is 1.41. The molecule has 1 aromatic rings. The van der Waals surface area contributed by atoms with Gasteiger partial charge in [0.25, 0.3) is 0 Å². The average molecular weight is 206 g/mol. The van der Waals surface area contributed by atoms with E-state index in [-0.39, 0.29) is 11.3 Å². The minimum absolute atomic E-state index is 0.162. The molecule has 78 valence electrons. The second-order valence-electron chi connectivity index (χ2n) is 3.03. The molecule has 0 aliphatic rings. The molecule has 0 spiro atoms. The number of rotatable bonds is 3. The van der Waals surface area contributed by atoms with E-state index in [0.29, 0.717) is 5.69 Å². The van der Waals surface area contributed by atoms with E-state index < -0.39 is 12.0 Å². The highest BCUT2D eigenvalue weighted by Crippen LogP contribution is 2.22. The minimum atomic E-state index is -1.19. The quantitative estimate of drug-likeness (QED) is 0.695. The fraction of sp³-hybridized carbons (Fsp3) is 0.200. The molecule has 3 N–H and O–H groups in total. The molecule has 1 aromatic carbocycles. The van der Waals surface area contributed by atoms with E-state index >= 15 is 0 Å². The van der Waals surface area contributed by atoms with Gasteiger partial charge in [0.15, 0.2) is 0 Å². The van der Waals surface area contributed by atoms with Crippen LogP contribution in [0.1, 0.15) is 17.3 Å². The molecule has 0 aromatic heterocycles. The van der Waals surface area contributed by atoms with Gasteiger partial charge in [-0.2, -0.15) is 5.26 Å². The Morgan fingerprint density at radius 2 is 2.27 bits per heavy atom. The lowest BCUT2D eigenvalue weighted by molar-refractivity contribution is 0.0694. The number of nitrogens with one attached hydrogen (secondary N) is 1. The van der Waals surface area contributed by atoms with Gasteiger partial charge in [-0.3, -0.25) is 0 Å². The Bertz CT molecular complexity index is 423. The number of aromatic hydroxyl groups is 1. The zero-order chi connectivity index (χ0) is 11.4. The molecule has 0 aliphatic heterocycles. The van der Waals surface area contributed by atoms with Gasteiger partial charge in [0.1, 0.15) is 17.4 Å². The predicted molar refractivity (Wildman–Crippen MR) is 53.8 cm³/mol. The number of carbonyl (C=O) groups is 1. The third-order valence-electron chi connectivity index (χ3n) is 1.80. The molecule has 0 aliphatic carbocycles. The average Bonchev–Trinajstić information content (AvgIpc) is 2.17. The van der Waals surface area contributed by atoms with Gasteiger partial charge in [0.2, 0.25) is 0 Å². The highest BCUT2D eigenvalue weighted by atomic mass is 16.4. The Morgan fingerprint density at radius 3 is 2.73 bits per heavy atom. The van der Waals surface area contributed by atoms with Crippen molar-refractivity contribution in [2.75, 3.05) is 5.32 Å². The number of carboxylic acid groups (broad SMARTS) is 1. The molecule has 0 saturated heterocycles. The molecule has 1 rings (SSSR count). The van der Waals surface area contributed by atoms with Gasteiger partial charge in [-0.25, -0.2) is 4.79 Å². The standard InChI is InChI=1S/C10H10N2O3/c1-6(5-11)12-7-2-3-8(10(14)15)9(13)4-7/h2-4,6,12-13H,1H3,(H,14,15). The Balaban J connectivity index is 2.93. The lowest BCUT2D eigenvalue weighted by atomic mass is 10.1. The first-order valence-corrected chi connectivity index (χ1v) is 4.27. The van der Waals surface area contributed by atoms with Crippen molar-refractivity contribution in [1.29, 1.82) is 5.26 Å². The highest BCUT2D eigenvalue weighted by Gasteiger charge is 2.10. The second kappa shape index (κ2) is 4.33. The van der Waals surface area contributed by atoms with Crippen LogP contribution in [0.2, 0.25) is 0 Å². The van der Waals surface area contributed by atoms with Crippen LogP contribution < -0.4 is 5.32 Å². The van der Waals surface area contributed by atoms with Gasteiger partial charge in [-0.1, -0.05) is 0 Å². The van der Waals surface area contributed by atoms with E-state index in [4.69, 9.17) is 10.4 Å². The second-order valence-corrected chi connectivity index (χ2v) is 3.03. The third-order valence-corrected chi connectivity index (χ3v) is 1.80. The normalized spacial score (nSPS) is 11.5. The molecule has 5 heteroatoms. The van der Waals surface area contributed by atoms with Gasteiger partial charge >= 0.3 is 5.97 Å². The molecule has 1 unspecified atom stereocenters. The maximum Gasteiger partial charge on any atom is 0.339 e. The van der Waals surface area contributed by atoms with E-state index in [2.05, 4.69) is 5.32 Å². The maximum absolute atomic E-state index is 10.6. The van der Waals surface area contributed by atoms with Gasteiger partial charge in [0, 0.05) is 11.8 Å². The fourth-order valence-electron chi connectivity index (χ4n) is 1.08. The van der Waals surface area contributed by atoms with E-state index in [1.54, 1.807) is 6.92 Å². The molecule has 5 nitrogen and oxygen atoms in total. The summed E-state index contributed by atoms with van der Waals surface area (Å²) in [6, 6.07) is 5.61. The molecular weight excluding hydrogens is 196 g/mol. The molecule has 1 atom stereocenters. The highest BCUT2D eigenvalue weighted by molar-refractivity contribution is 5.91. The Morgan fingerprint density at radius 1 is 1.60 bits per heavy atom. The number of aromatic carboxylic acids is 1. The van der Waals surface area contributed by atoms with Crippen LogP contribution in [-0.4, -0.2) is 22.2 Å². The molecule has 0 saturated carbocycles. The molecule has 0 amide bonds. The first-order chi connectivity index (χ1) is 7.04. The largest absolute Gasteiger partial charge is 0.507 e. The summed E-state index contributed by atoms with van der Waals surface area (Å²) in [5.74, 6) is -1.51. The Hall–Kier alpha value is -2.22. The third kappa shape index (κ3) is 2.61. The van der Waals surface area contributed by atoms with Crippen molar-refractivity contribution in [1.82, 2.24) is 0 Å². The smallest absolute Gasteiger partial charge is 0.339 e. The SMILES string of the molecule is CC(C#N)Nc1ccc(C(=O)O)c(O)c1. The summed E-state index contributed by atoms with van der Waals surface area (Å²) < 4.78 is 0. The Kier molecular flexibility index (Phi) is 3.13. The molecule has 0 fully saturated rings. The summed E-state index contributed by atoms with van der Waals surface area (Å²) in [4.78, 5) is 10.6. The van der Waals surface area contributed by atoms with Crippen molar-refractivity contribution < 1.29 is 15.0 Å². The van der Waals surface area contributed by atoms with Crippen molar-refractivity contribution in [3.63, 3.8) is 0 Å². The van der Waals surface area contributed by atoms with Gasteiger partial charge in [0.05, 0.1) is 6.07 Å². The van der Waals surface area contributed by atoms with Crippen LogP contribution in [-0.2, 0) is 0 Å². The number of hydrogen-bond donors (Lipinski definition) is 3. The number of carboxylic acids is 1. The summed E-state index contributed by atoms with van der Waals surface area (Å²) in [6.07, 6.45) is 0. The van der Waals surface area contributed by atoms with Gasteiger partial charge in [-0.15, -0.1) is 0 Å². The van der Waals surface area contributed by atoms with Gasteiger partial charge < -0.3 is 15.5 Å². The lowest BCUT2D eigenvalue weighted by Crippen LogP contribution is -2.12. The first kappa shape index (κ1) is 10.9. The summed E-state index contributed by atoms with van der Waals surface area (Å²) >= 11 is 0. The number of benzene rings is 1. The summed E-state index contributed by atoms with van der Waals surface area (Å²) in [7, 11) is 0. The maximum atomic E-state index is 10.6. The number of hydrogen-bond acceptors (Lipinski definition) is 4. The first-order valence-electron chi connectivity index (χ1n) is 4.27. The van der Waals surface area contributed by atoms with E-state index in [0.717, 1.165) is 0 Å². The monoisotopic (exact) mass is 206 g/mol. The van der Waals surface area contributed by atoms with Crippen molar-refractivity contribution in [2.24, 2.45) is 0 Å². The van der Waals surface area contributed by atoms with Crippen molar-refractivity contribution in [3.8, 4) is 11.8 Å². The molecule has 15 heavy (non-hydrogen) atoms. The fourth-order valence-corrected chi connectivity index (χ4v) is 1.08. The number of phenols is 1. The summed E-state index contributed by atoms with van der Waals surface area (Å²) in [5, 5.41) is 29.3. The van der Waals surface area contributed by atoms with Crippen molar-refractivity contribution >= 4 is 11.7 Å². The molecule has 0 bridgehead atoms. The van der Waals surface area contributed by atoms with Crippen LogP contribution in [0.5, 0.6) is 5.75 Å². The topological polar surface area (TPSA) is 93.4 Å². The lowest BCUT2D eigenvalue weighted by Gasteiger charge is -2.08. The van der Waals surface area contributed by atoms with E-state index in [1.807, 2.05) is 6.07 Å². The van der Waals surface area contributed by atoms with Crippen LogP contribution in [0.3, 0.4) is 0 Å². The van der Waals surface area contributed by atoms with Gasteiger partial charge in [-0.05, 0) is 19.1 Å². The van der Waals surface area contributed by atoms with Crippen molar-refractivity contribution in [3.05, 3.63) is 23.8 Å². The Labute approximate surface area is 86.6 Å². The zero-order valence-electron chi connectivity index (χ0n) is 8.06. The molecule has 0 heterocycles. The van der Waals surface area contributed by atoms with Crippen LogP contribution in [0.25, 0.3) is 0 Å². The molecule has 0 radical (unpaired) electrons. The minimum Gasteiger partial charge on any atom is -0.507 e. The van der Waals surface area contributed by atoms with E-state index in [1.165, 1.54) is 18.2 Å². The van der Waals surface area contributed by atoms with Crippen LogP contribution >= 0.6 is 0 Å². The number of nitriles is 1. The van der Waals surface area contributed by atoms with Crippen molar-refractivity contribution in [2.45, 2.75) is 13.0 Å². The van der Waals surface area contributed by atoms with Crippen LogP contribution in [0.15, 0.2) is 18.2 Å².